The molecule has 0 aliphatic carbocycles. The molecule has 0 saturated carbocycles. The van der Waals surface area contributed by atoms with E-state index in [4.69, 9.17) is 5.11 Å². The van der Waals surface area contributed by atoms with Crippen LogP contribution < -0.4 is 0 Å². The van der Waals surface area contributed by atoms with Gasteiger partial charge >= 0.3 is 0 Å². The predicted molar refractivity (Wildman–Crippen MR) is 59.3 cm³/mol. The lowest BCUT2D eigenvalue weighted by molar-refractivity contribution is 0.295. The third-order valence-electron chi connectivity index (χ3n) is 2.62. The third-order valence-corrected chi connectivity index (χ3v) is 2.62. The minimum Gasteiger partial charge on any atom is -0.396 e. The van der Waals surface area contributed by atoms with E-state index in [1.165, 1.54) is 6.20 Å². The van der Waals surface area contributed by atoms with Crippen LogP contribution in [0.4, 0.5) is 8.78 Å². The van der Waals surface area contributed by atoms with E-state index in [0.717, 1.165) is 18.2 Å². The fourth-order valence-corrected chi connectivity index (χ4v) is 1.72. The topological polar surface area (TPSA) is 38.0 Å². The van der Waals surface area contributed by atoms with Crippen molar-refractivity contribution in [1.29, 1.82) is 0 Å². The van der Waals surface area contributed by atoms with Gasteiger partial charge in [-0.2, -0.15) is 0 Å². The van der Waals surface area contributed by atoms with Crippen LogP contribution in [0, 0.1) is 11.6 Å². The number of aromatic nitrogens is 2. The molecule has 0 saturated heterocycles. The SMILES string of the molecule is Cn1c(-c2cc(F)ccc2F)cnc1CCO. The summed E-state index contributed by atoms with van der Waals surface area (Å²) < 4.78 is 28.3. The van der Waals surface area contributed by atoms with Gasteiger partial charge in [0, 0.05) is 19.0 Å². The minimum absolute atomic E-state index is 0.0318. The summed E-state index contributed by atoms with van der Waals surface area (Å²) in [6, 6.07) is 3.29. The van der Waals surface area contributed by atoms with E-state index in [1.54, 1.807) is 11.6 Å². The fourth-order valence-electron chi connectivity index (χ4n) is 1.72. The average Bonchev–Trinajstić information content (AvgIpc) is 2.65. The summed E-state index contributed by atoms with van der Waals surface area (Å²) in [6.45, 7) is -0.0318. The van der Waals surface area contributed by atoms with Crippen LogP contribution in [-0.4, -0.2) is 21.3 Å². The van der Waals surface area contributed by atoms with Crippen LogP contribution in [0.5, 0.6) is 0 Å². The average molecular weight is 238 g/mol. The summed E-state index contributed by atoms with van der Waals surface area (Å²) in [5, 5.41) is 8.84. The zero-order valence-electron chi connectivity index (χ0n) is 9.32. The second kappa shape index (κ2) is 4.63. The lowest BCUT2D eigenvalue weighted by Crippen LogP contribution is -2.02. The van der Waals surface area contributed by atoms with Gasteiger partial charge in [0.25, 0.3) is 0 Å². The predicted octanol–water partition coefficient (Wildman–Crippen LogP) is 1.90. The molecule has 0 aliphatic heterocycles. The van der Waals surface area contributed by atoms with Crippen molar-refractivity contribution in [3.63, 3.8) is 0 Å². The maximum absolute atomic E-state index is 13.6. The molecule has 0 bridgehead atoms. The third kappa shape index (κ3) is 2.19. The van der Waals surface area contributed by atoms with Crippen molar-refractivity contribution in [2.24, 2.45) is 7.05 Å². The van der Waals surface area contributed by atoms with Crippen molar-refractivity contribution in [1.82, 2.24) is 9.55 Å². The molecule has 2 aromatic rings. The Morgan fingerprint density at radius 1 is 1.35 bits per heavy atom. The van der Waals surface area contributed by atoms with Crippen molar-refractivity contribution >= 4 is 0 Å². The number of benzene rings is 1. The largest absolute Gasteiger partial charge is 0.396 e. The monoisotopic (exact) mass is 238 g/mol. The molecule has 90 valence electrons. The summed E-state index contributed by atoms with van der Waals surface area (Å²) in [4.78, 5) is 4.07. The highest BCUT2D eigenvalue weighted by Crippen LogP contribution is 2.24. The van der Waals surface area contributed by atoms with Crippen LogP contribution in [-0.2, 0) is 13.5 Å². The van der Waals surface area contributed by atoms with Crippen LogP contribution in [0.15, 0.2) is 24.4 Å². The van der Waals surface area contributed by atoms with E-state index in [0.29, 0.717) is 17.9 Å². The van der Waals surface area contributed by atoms with Gasteiger partial charge in [-0.25, -0.2) is 13.8 Å². The molecule has 3 nitrogen and oxygen atoms in total. The molecule has 0 radical (unpaired) electrons. The number of nitrogens with zero attached hydrogens (tertiary/aromatic N) is 2. The normalized spacial score (nSPS) is 10.8. The van der Waals surface area contributed by atoms with Gasteiger partial charge in [-0.1, -0.05) is 0 Å². The number of aliphatic hydroxyl groups is 1. The van der Waals surface area contributed by atoms with Gasteiger partial charge in [-0.15, -0.1) is 0 Å². The second-order valence-corrected chi connectivity index (χ2v) is 3.72. The Morgan fingerprint density at radius 2 is 2.12 bits per heavy atom. The fraction of sp³-hybridized carbons (Fsp3) is 0.250. The van der Waals surface area contributed by atoms with Crippen molar-refractivity contribution in [2.45, 2.75) is 6.42 Å². The van der Waals surface area contributed by atoms with Gasteiger partial charge in [-0.3, -0.25) is 0 Å². The molecule has 0 aliphatic rings. The van der Waals surface area contributed by atoms with Gasteiger partial charge < -0.3 is 9.67 Å². The van der Waals surface area contributed by atoms with E-state index >= 15 is 0 Å². The quantitative estimate of drug-likeness (QED) is 0.886. The highest BCUT2D eigenvalue weighted by Gasteiger charge is 2.12. The number of rotatable bonds is 3. The maximum Gasteiger partial charge on any atom is 0.132 e. The molecular weight excluding hydrogens is 226 g/mol. The molecule has 0 unspecified atom stereocenters. The second-order valence-electron chi connectivity index (χ2n) is 3.72. The van der Waals surface area contributed by atoms with Crippen LogP contribution in [0.2, 0.25) is 0 Å². The van der Waals surface area contributed by atoms with Crippen molar-refractivity contribution in [3.8, 4) is 11.3 Å². The first-order chi connectivity index (χ1) is 8.13. The Bertz CT molecular complexity index is 537. The Morgan fingerprint density at radius 3 is 2.82 bits per heavy atom. The Kier molecular flexibility index (Phi) is 3.19. The summed E-state index contributed by atoms with van der Waals surface area (Å²) in [5.74, 6) is -0.359. The Hall–Kier alpha value is -1.75. The Balaban J connectivity index is 2.49. The van der Waals surface area contributed by atoms with Crippen molar-refractivity contribution in [2.75, 3.05) is 6.61 Å². The minimum atomic E-state index is -0.495. The van der Waals surface area contributed by atoms with Crippen LogP contribution in [0.1, 0.15) is 5.82 Å². The lowest BCUT2D eigenvalue weighted by Gasteiger charge is -2.06. The molecule has 1 heterocycles. The smallest absolute Gasteiger partial charge is 0.132 e. The highest BCUT2D eigenvalue weighted by molar-refractivity contribution is 5.60. The van der Waals surface area contributed by atoms with Crippen molar-refractivity contribution in [3.05, 3.63) is 41.9 Å². The highest BCUT2D eigenvalue weighted by atomic mass is 19.1. The molecule has 1 aromatic carbocycles. The van der Waals surface area contributed by atoms with E-state index in [2.05, 4.69) is 4.98 Å². The Labute approximate surface area is 97.3 Å². The number of imidazole rings is 1. The molecule has 0 fully saturated rings. The van der Waals surface area contributed by atoms with Gasteiger partial charge in [0.2, 0.25) is 0 Å². The first-order valence-electron chi connectivity index (χ1n) is 5.20. The van der Waals surface area contributed by atoms with Crippen LogP contribution in [0.25, 0.3) is 11.3 Å². The molecular formula is C12H12F2N2O. The maximum atomic E-state index is 13.6. The van der Waals surface area contributed by atoms with E-state index in [9.17, 15) is 8.78 Å². The molecule has 17 heavy (non-hydrogen) atoms. The van der Waals surface area contributed by atoms with E-state index < -0.39 is 11.6 Å². The number of hydrogen-bond acceptors (Lipinski definition) is 2. The zero-order chi connectivity index (χ0) is 12.4. The van der Waals surface area contributed by atoms with Gasteiger partial charge in [0.15, 0.2) is 0 Å². The molecule has 5 heteroatoms. The first kappa shape index (κ1) is 11.7. The number of aliphatic hydroxyl groups excluding tert-OH is 1. The van der Waals surface area contributed by atoms with Crippen molar-refractivity contribution < 1.29 is 13.9 Å². The molecule has 0 spiro atoms. The summed E-state index contributed by atoms with van der Waals surface area (Å²) >= 11 is 0. The van der Waals surface area contributed by atoms with Crippen LogP contribution in [0.3, 0.4) is 0 Å². The summed E-state index contributed by atoms with van der Waals surface area (Å²) in [6.07, 6.45) is 1.86. The van der Waals surface area contributed by atoms with Gasteiger partial charge in [0.05, 0.1) is 18.5 Å². The standard InChI is InChI=1S/C12H12F2N2O/c1-16-11(7-15-12(16)4-5-17)9-6-8(13)2-3-10(9)14/h2-3,6-7,17H,4-5H2,1H3. The molecule has 0 amide bonds. The molecule has 1 N–H and O–H groups in total. The van der Waals surface area contributed by atoms with E-state index in [-0.39, 0.29) is 12.2 Å². The van der Waals surface area contributed by atoms with Crippen LogP contribution >= 0.6 is 0 Å². The molecule has 2 rings (SSSR count). The summed E-state index contributed by atoms with van der Waals surface area (Å²) in [7, 11) is 1.71. The molecule has 0 atom stereocenters. The zero-order valence-corrected chi connectivity index (χ0v) is 9.32. The summed E-state index contributed by atoms with van der Waals surface area (Å²) in [5.41, 5.74) is 0.662. The number of halogens is 2. The van der Waals surface area contributed by atoms with E-state index in [1.807, 2.05) is 0 Å². The lowest BCUT2D eigenvalue weighted by atomic mass is 10.1. The van der Waals surface area contributed by atoms with Gasteiger partial charge in [0.1, 0.15) is 17.5 Å². The first-order valence-corrected chi connectivity index (χ1v) is 5.20. The number of hydrogen-bond donors (Lipinski definition) is 1. The van der Waals surface area contributed by atoms with Gasteiger partial charge in [-0.05, 0) is 18.2 Å². The molecule has 1 aromatic heterocycles.